The smallest absolute Gasteiger partial charge is 0.330 e. The van der Waals surface area contributed by atoms with Gasteiger partial charge in [-0.2, -0.15) is 8.32 Å². The van der Waals surface area contributed by atoms with Crippen molar-refractivity contribution in [1.29, 1.82) is 0 Å². The van der Waals surface area contributed by atoms with Crippen molar-refractivity contribution >= 4 is 91.6 Å². The topological polar surface area (TPSA) is 205 Å². The molecule has 17 nitrogen and oxygen atoms in total. The number of carbonyl (C=O) groups is 6. The van der Waals surface area contributed by atoms with Crippen LogP contribution in [0.3, 0.4) is 0 Å². The molecule has 0 radical (unpaired) electrons. The second-order valence-electron chi connectivity index (χ2n) is 20.6. The Hall–Kier alpha value is -7.13. The van der Waals surface area contributed by atoms with Crippen molar-refractivity contribution in [2.45, 2.75) is 128 Å². The monoisotopic (exact) mass is 1270 g/mol. The number of fused-ring (bicyclic) bond motifs is 1. The molecule has 0 bridgehead atoms. The molecule has 442 valence electrons. The summed E-state index contributed by atoms with van der Waals surface area (Å²) in [4.78, 5) is 80.8. The number of anilines is 1. The number of aromatic nitrogens is 1. The van der Waals surface area contributed by atoms with Gasteiger partial charge in [0.05, 0.1) is 89.4 Å². The summed E-state index contributed by atoms with van der Waals surface area (Å²) < 4.78 is 47.8. The van der Waals surface area contributed by atoms with Crippen LogP contribution in [-0.4, -0.2) is 73.4 Å². The van der Waals surface area contributed by atoms with Crippen LogP contribution in [0, 0.1) is 23.7 Å². The molecule has 19 heteroatoms. The maximum atomic E-state index is 13.8. The zero-order valence-electron chi connectivity index (χ0n) is 46.9. The van der Waals surface area contributed by atoms with Gasteiger partial charge in [0, 0.05) is 17.7 Å². The Balaban J connectivity index is 0.841. The van der Waals surface area contributed by atoms with E-state index in [0.717, 1.165) is 87.3 Å². The van der Waals surface area contributed by atoms with Crippen molar-refractivity contribution < 1.29 is 66.7 Å². The number of carbonyl (C=O) groups excluding carboxylic acids is 6. The van der Waals surface area contributed by atoms with E-state index in [4.69, 9.17) is 37.9 Å². The van der Waals surface area contributed by atoms with Crippen molar-refractivity contribution in [3.05, 3.63) is 122 Å². The molecule has 4 aromatic carbocycles. The molecule has 0 spiro atoms. The number of esters is 6. The molecule has 2 aliphatic rings. The number of nitrogens with zero attached hydrogens (tertiary/aromatic N) is 3. The highest BCUT2D eigenvalue weighted by molar-refractivity contribution is 14.1. The number of thiazole rings is 1. The molecule has 0 unspecified atom stereocenters. The quantitative estimate of drug-likeness (QED) is 0.00560. The lowest BCUT2D eigenvalue weighted by Gasteiger charge is -2.26. The van der Waals surface area contributed by atoms with Crippen molar-refractivity contribution in [2.75, 3.05) is 29.6 Å². The average molecular weight is 1270 g/mol. The van der Waals surface area contributed by atoms with Gasteiger partial charge in [-0.1, -0.05) is 88.0 Å². The van der Waals surface area contributed by atoms with E-state index in [9.17, 15) is 28.8 Å². The van der Waals surface area contributed by atoms with Crippen LogP contribution in [0.15, 0.2) is 121 Å². The summed E-state index contributed by atoms with van der Waals surface area (Å²) >= 11 is 3.51. The third-order valence-electron chi connectivity index (χ3n) is 14.5. The second kappa shape index (κ2) is 34.5. The van der Waals surface area contributed by atoms with Crippen LogP contribution in [0.2, 0.25) is 0 Å². The maximum absolute atomic E-state index is 13.8. The molecule has 0 N–H and O–H groups in total. The Labute approximate surface area is 503 Å². The summed E-state index contributed by atoms with van der Waals surface area (Å²) in [6.07, 6.45) is 19.3. The van der Waals surface area contributed by atoms with E-state index in [1.807, 2.05) is 47.1 Å². The zero-order chi connectivity index (χ0) is 58.6. The molecule has 2 fully saturated rings. The van der Waals surface area contributed by atoms with Gasteiger partial charge in [-0.3, -0.25) is 19.2 Å². The summed E-state index contributed by atoms with van der Waals surface area (Å²) in [5.74, 6) is -1.28. The molecular formula is C64H74IN3O14S. The van der Waals surface area contributed by atoms with Crippen LogP contribution in [0.5, 0.6) is 34.5 Å². The molecule has 0 aliphatic heterocycles. The lowest BCUT2D eigenvalue weighted by Crippen LogP contribution is -2.30. The lowest BCUT2D eigenvalue weighted by atomic mass is 9.82. The SMILES string of the molecule is C=CC(=O)OCCCCCCCCOc1ccc(OC(=O)C2CCC(C(=O)Oc3ccc(OC(=O)C4CCC(C(=O)Oc5ccc(OCCCCCCCCOC(=O)C=C)cc5)CC4)c(/C=N/N(I)c4nc5ccccc5s4)c3)CC2)cc1. The Morgan fingerprint density at radius 1 is 0.506 bits per heavy atom. The molecule has 0 atom stereocenters. The van der Waals surface area contributed by atoms with Gasteiger partial charge in [0.15, 0.2) is 0 Å². The molecular weight excluding hydrogens is 1190 g/mol. The predicted octanol–water partition coefficient (Wildman–Crippen LogP) is 14.0. The van der Waals surface area contributed by atoms with Crippen LogP contribution in [0.4, 0.5) is 5.13 Å². The molecule has 7 rings (SSSR count). The second-order valence-corrected chi connectivity index (χ2v) is 22.5. The van der Waals surface area contributed by atoms with Crippen LogP contribution in [0.1, 0.15) is 134 Å². The van der Waals surface area contributed by atoms with Gasteiger partial charge in [-0.15, -0.1) is 0 Å². The molecule has 2 aliphatic carbocycles. The minimum atomic E-state index is -0.457. The minimum absolute atomic E-state index is 0.224. The third kappa shape index (κ3) is 21.5. The summed E-state index contributed by atoms with van der Waals surface area (Å²) in [5, 5.41) is 5.27. The fourth-order valence-corrected chi connectivity index (χ4v) is 11.0. The summed E-state index contributed by atoms with van der Waals surface area (Å²) in [6, 6.07) is 26.5. The maximum Gasteiger partial charge on any atom is 0.330 e. The highest BCUT2D eigenvalue weighted by Crippen LogP contribution is 2.36. The number of rotatable bonds is 33. The normalized spacial score (nSPS) is 16.7. The van der Waals surface area contributed by atoms with Crippen molar-refractivity contribution in [1.82, 2.24) is 4.98 Å². The van der Waals surface area contributed by atoms with Gasteiger partial charge in [0.2, 0.25) is 5.13 Å². The Kier molecular flexibility index (Phi) is 26.4. The van der Waals surface area contributed by atoms with Crippen LogP contribution < -0.4 is 31.6 Å². The highest BCUT2D eigenvalue weighted by atomic mass is 127. The van der Waals surface area contributed by atoms with E-state index in [0.29, 0.717) is 111 Å². The number of ether oxygens (including phenoxy) is 8. The fourth-order valence-electron chi connectivity index (χ4n) is 9.68. The summed E-state index contributed by atoms with van der Waals surface area (Å²) in [7, 11) is 0. The number of benzene rings is 4. The molecule has 0 saturated heterocycles. The van der Waals surface area contributed by atoms with E-state index in [2.05, 4.69) is 23.2 Å². The van der Waals surface area contributed by atoms with Gasteiger partial charge in [-0.05, 0) is 156 Å². The standard InChI is InChI=1S/C64H74IN3O14S/c1-3-58(69)77-41-17-11-7-5-9-15-39-75-50-29-33-52(34-30-50)79-60(71)45-21-23-47(24-22-45)62(73)81-54-37-38-56(49(43-54)44-66-68(65)64-67-55-19-13-14-20-57(55)83-64)82-63(74)48-27-25-46(26-28-48)61(72)80-53-35-31-51(32-36-53)76-40-16-10-6-8-12-18-42-78-59(70)4-2/h3-4,13-14,19-20,29-38,43-48H,1-2,5-12,15-18,21-28,39-42H2/b66-44+. The number of hydrazone groups is 1. The molecule has 5 aromatic rings. The number of hydrogen-bond acceptors (Lipinski definition) is 18. The van der Waals surface area contributed by atoms with Crippen LogP contribution in [-0.2, 0) is 38.2 Å². The van der Waals surface area contributed by atoms with Crippen molar-refractivity contribution in [3.63, 3.8) is 0 Å². The van der Waals surface area contributed by atoms with Gasteiger partial charge in [-0.25, -0.2) is 14.6 Å². The molecule has 1 heterocycles. The van der Waals surface area contributed by atoms with E-state index >= 15 is 0 Å². The average Bonchev–Trinajstić information content (AvgIpc) is 4.00. The van der Waals surface area contributed by atoms with Crippen molar-refractivity contribution in [2.24, 2.45) is 28.8 Å². The third-order valence-corrected chi connectivity index (χ3v) is 16.5. The van der Waals surface area contributed by atoms with E-state index in [1.165, 1.54) is 29.7 Å². The largest absolute Gasteiger partial charge is 0.494 e. The Bertz CT molecular complexity index is 2920. The molecule has 0 amide bonds. The Morgan fingerprint density at radius 2 is 0.892 bits per heavy atom. The fraction of sp³-hybridized carbons (Fsp3) is 0.438. The van der Waals surface area contributed by atoms with Gasteiger partial charge in [0.1, 0.15) is 34.5 Å². The van der Waals surface area contributed by atoms with Crippen LogP contribution in [0.25, 0.3) is 10.2 Å². The van der Waals surface area contributed by atoms with Crippen LogP contribution >= 0.6 is 34.2 Å². The summed E-state index contributed by atoms with van der Waals surface area (Å²) in [6.45, 7) is 8.78. The van der Waals surface area contributed by atoms with Crippen molar-refractivity contribution in [3.8, 4) is 34.5 Å². The zero-order valence-corrected chi connectivity index (χ0v) is 49.9. The first-order valence-electron chi connectivity index (χ1n) is 28.8. The van der Waals surface area contributed by atoms with E-state index < -0.39 is 23.8 Å². The number of halogens is 1. The predicted molar refractivity (Wildman–Crippen MR) is 325 cm³/mol. The molecule has 2 saturated carbocycles. The summed E-state index contributed by atoms with van der Waals surface area (Å²) in [5.41, 5.74) is 1.23. The molecule has 83 heavy (non-hydrogen) atoms. The lowest BCUT2D eigenvalue weighted by molar-refractivity contribution is -0.145. The van der Waals surface area contributed by atoms with Gasteiger partial charge < -0.3 is 37.9 Å². The number of para-hydroxylation sites is 1. The van der Waals surface area contributed by atoms with Gasteiger partial charge in [0.25, 0.3) is 0 Å². The number of unbranched alkanes of at least 4 members (excludes halogenated alkanes) is 10. The molecule has 1 aromatic heterocycles. The van der Waals surface area contributed by atoms with Gasteiger partial charge >= 0.3 is 35.8 Å². The first kappa shape index (κ1) is 63.5. The first-order chi connectivity index (χ1) is 40.4. The number of hydrogen-bond donors (Lipinski definition) is 0. The van der Waals surface area contributed by atoms with E-state index in [1.54, 1.807) is 70.0 Å². The Morgan fingerprint density at radius 3 is 1.34 bits per heavy atom. The first-order valence-corrected chi connectivity index (χ1v) is 30.6. The minimum Gasteiger partial charge on any atom is -0.494 e. The highest BCUT2D eigenvalue weighted by Gasteiger charge is 2.34. The van der Waals surface area contributed by atoms with E-state index in [-0.39, 0.29) is 47.2 Å².